The number of benzene rings is 2. The fraction of sp³-hybridized carbons (Fsp3) is 0.0769. The summed E-state index contributed by atoms with van der Waals surface area (Å²) in [6, 6.07) is 13.4. The zero-order chi connectivity index (χ0) is 12.3. The van der Waals surface area contributed by atoms with Gasteiger partial charge in [-0.05, 0) is 35.9 Å². The molecule has 0 saturated carbocycles. The van der Waals surface area contributed by atoms with Crippen LogP contribution >= 0.6 is 23.4 Å². The highest BCUT2D eigenvalue weighted by Crippen LogP contribution is 2.30. The molecule has 2 nitrogen and oxygen atoms in total. The van der Waals surface area contributed by atoms with Crippen LogP contribution in [-0.4, -0.2) is 0 Å². The van der Waals surface area contributed by atoms with Crippen LogP contribution in [0.1, 0.15) is 5.56 Å². The number of nitrogen functional groups attached to an aromatic ring is 2. The molecule has 0 heterocycles. The first-order valence-corrected chi connectivity index (χ1v) is 6.54. The van der Waals surface area contributed by atoms with Crippen LogP contribution in [0.25, 0.3) is 0 Å². The van der Waals surface area contributed by atoms with Gasteiger partial charge < -0.3 is 11.5 Å². The molecular formula is C13H13ClN2S. The minimum absolute atomic E-state index is 0.663. The number of anilines is 2. The lowest BCUT2D eigenvalue weighted by molar-refractivity contribution is 1.38. The molecule has 0 aliphatic carbocycles. The quantitative estimate of drug-likeness (QED) is 0.655. The minimum Gasteiger partial charge on any atom is -0.399 e. The third-order valence-corrected chi connectivity index (χ3v) is 3.71. The van der Waals surface area contributed by atoms with Crippen LogP contribution in [0.2, 0.25) is 5.02 Å². The van der Waals surface area contributed by atoms with Crippen molar-refractivity contribution in [2.24, 2.45) is 0 Å². The Labute approximate surface area is 110 Å². The van der Waals surface area contributed by atoms with Crippen LogP contribution in [0, 0.1) is 0 Å². The maximum Gasteiger partial charge on any atom is 0.0467 e. The van der Waals surface area contributed by atoms with E-state index in [1.54, 1.807) is 17.8 Å². The Hall–Kier alpha value is -1.32. The Balaban J connectivity index is 2.07. The molecular weight excluding hydrogens is 252 g/mol. The Kier molecular flexibility index (Phi) is 3.82. The zero-order valence-corrected chi connectivity index (χ0v) is 10.8. The standard InChI is InChI=1S/C13H13ClN2S/c14-10-4-5-13(12(16)7-10)17-8-9-2-1-3-11(15)6-9/h1-7H,8,15-16H2. The summed E-state index contributed by atoms with van der Waals surface area (Å²) in [4.78, 5) is 1.04. The molecule has 2 rings (SSSR count). The number of rotatable bonds is 3. The molecule has 4 heteroatoms. The summed E-state index contributed by atoms with van der Waals surface area (Å²) < 4.78 is 0. The highest BCUT2D eigenvalue weighted by Gasteiger charge is 2.02. The van der Waals surface area contributed by atoms with Crippen LogP contribution in [-0.2, 0) is 5.75 Å². The van der Waals surface area contributed by atoms with E-state index in [0.29, 0.717) is 10.7 Å². The maximum atomic E-state index is 5.89. The first-order valence-electron chi connectivity index (χ1n) is 5.17. The normalized spacial score (nSPS) is 10.4. The molecule has 0 unspecified atom stereocenters. The molecule has 0 bridgehead atoms. The van der Waals surface area contributed by atoms with Gasteiger partial charge in [0.15, 0.2) is 0 Å². The lowest BCUT2D eigenvalue weighted by Crippen LogP contribution is -1.90. The molecule has 4 N–H and O–H groups in total. The van der Waals surface area contributed by atoms with E-state index in [9.17, 15) is 0 Å². The van der Waals surface area contributed by atoms with Crippen molar-refractivity contribution in [3.8, 4) is 0 Å². The van der Waals surface area contributed by atoms with E-state index in [0.717, 1.165) is 16.3 Å². The molecule has 0 radical (unpaired) electrons. The van der Waals surface area contributed by atoms with Crippen LogP contribution < -0.4 is 11.5 Å². The molecule has 0 spiro atoms. The van der Waals surface area contributed by atoms with Crippen LogP contribution in [0.15, 0.2) is 47.4 Å². The third-order valence-electron chi connectivity index (χ3n) is 2.32. The highest BCUT2D eigenvalue weighted by molar-refractivity contribution is 7.98. The second-order valence-corrected chi connectivity index (χ2v) is 5.17. The fourth-order valence-corrected chi connectivity index (χ4v) is 2.57. The number of hydrogen-bond acceptors (Lipinski definition) is 3. The topological polar surface area (TPSA) is 52.0 Å². The molecule has 0 aromatic heterocycles. The zero-order valence-electron chi connectivity index (χ0n) is 9.19. The lowest BCUT2D eigenvalue weighted by Gasteiger charge is -2.06. The van der Waals surface area contributed by atoms with E-state index in [1.165, 1.54) is 5.56 Å². The maximum absolute atomic E-state index is 5.89. The predicted molar refractivity (Wildman–Crippen MR) is 76.3 cm³/mol. The van der Waals surface area contributed by atoms with Crippen molar-refractivity contribution in [2.45, 2.75) is 10.6 Å². The number of halogens is 1. The monoisotopic (exact) mass is 264 g/mol. The summed E-state index contributed by atoms with van der Waals surface area (Å²) in [5, 5.41) is 0.663. The summed E-state index contributed by atoms with van der Waals surface area (Å²) >= 11 is 7.53. The molecule has 0 fully saturated rings. The number of nitrogens with two attached hydrogens (primary N) is 2. The van der Waals surface area contributed by atoms with Gasteiger partial charge in [0, 0.05) is 27.0 Å². The molecule has 0 aliphatic rings. The summed E-state index contributed by atoms with van der Waals surface area (Å²) in [7, 11) is 0. The summed E-state index contributed by atoms with van der Waals surface area (Å²) in [5.74, 6) is 0.844. The van der Waals surface area contributed by atoms with E-state index in [2.05, 4.69) is 6.07 Å². The van der Waals surface area contributed by atoms with Crippen molar-refractivity contribution >= 4 is 34.7 Å². The van der Waals surface area contributed by atoms with E-state index in [-0.39, 0.29) is 0 Å². The van der Waals surface area contributed by atoms with E-state index >= 15 is 0 Å². The van der Waals surface area contributed by atoms with Gasteiger partial charge in [0.1, 0.15) is 0 Å². The number of hydrogen-bond donors (Lipinski definition) is 2. The second kappa shape index (κ2) is 5.34. The third kappa shape index (κ3) is 3.32. The van der Waals surface area contributed by atoms with Gasteiger partial charge in [-0.25, -0.2) is 0 Å². The highest BCUT2D eigenvalue weighted by atomic mass is 35.5. The van der Waals surface area contributed by atoms with Gasteiger partial charge in [0.05, 0.1) is 0 Å². The Morgan fingerprint density at radius 1 is 1.06 bits per heavy atom. The molecule has 88 valence electrons. The van der Waals surface area contributed by atoms with Gasteiger partial charge in [-0.3, -0.25) is 0 Å². The van der Waals surface area contributed by atoms with Crippen LogP contribution in [0.5, 0.6) is 0 Å². The largest absolute Gasteiger partial charge is 0.399 e. The van der Waals surface area contributed by atoms with Crippen molar-refractivity contribution < 1.29 is 0 Å². The molecule has 17 heavy (non-hydrogen) atoms. The van der Waals surface area contributed by atoms with Crippen molar-refractivity contribution in [1.29, 1.82) is 0 Å². The van der Waals surface area contributed by atoms with E-state index in [1.807, 2.05) is 30.3 Å². The van der Waals surface area contributed by atoms with Gasteiger partial charge in [-0.15, -0.1) is 11.8 Å². The smallest absolute Gasteiger partial charge is 0.0467 e. The molecule has 0 aliphatic heterocycles. The molecule has 0 atom stereocenters. The SMILES string of the molecule is Nc1cccc(CSc2ccc(Cl)cc2N)c1. The molecule has 0 amide bonds. The average molecular weight is 265 g/mol. The fourth-order valence-electron chi connectivity index (χ4n) is 1.49. The average Bonchev–Trinajstić information content (AvgIpc) is 2.28. The van der Waals surface area contributed by atoms with E-state index in [4.69, 9.17) is 23.1 Å². The predicted octanol–water partition coefficient (Wildman–Crippen LogP) is 3.80. The summed E-state index contributed by atoms with van der Waals surface area (Å²) in [5.41, 5.74) is 14.3. The second-order valence-electron chi connectivity index (χ2n) is 3.72. The Morgan fingerprint density at radius 3 is 2.59 bits per heavy atom. The number of thioether (sulfide) groups is 1. The first-order chi connectivity index (χ1) is 8.15. The van der Waals surface area contributed by atoms with Crippen molar-refractivity contribution in [2.75, 3.05) is 11.5 Å². The van der Waals surface area contributed by atoms with Crippen molar-refractivity contribution in [3.05, 3.63) is 53.1 Å². The lowest BCUT2D eigenvalue weighted by atomic mass is 10.2. The van der Waals surface area contributed by atoms with Gasteiger partial charge in [0.2, 0.25) is 0 Å². The minimum atomic E-state index is 0.663. The molecule has 2 aromatic rings. The van der Waals surface area contributed by atoms with Crippen molar-refractivity contribution in [3.63, 3.8) is 0 Å². The summed E-state index contributed by atoms with van der Waals surface area (Å²) in [6.07, 6.45) is 0. The molecule has 2 aromatic carbocycles. The van der Waals surface area contributed by atoms with E-state index < -0.39 is 0 Å². The first kappa shape index (κ1) is 12.1. The van der Waals surface area contributed by atoms with Crippen LogP contribution in [0.4, 0.5) is 11.4 Å². The Bertz CT molecular complexity index is 529. The van der Waals surface area contributed by atoms with Gasteiger partial charge in [-0.1, -0.05) is 23.7 Å². The van der Waals surface area contributed by atoms with Gasteiger partial charge in [-0.2, -0.15) is 0 Å². The van der Waals surface area contributed by atoms with Gasteiger partial charge >= 0.3 is 0 Å². The molecule has 0 saturated heterocycles. The Morgan fingerprint density at radius 2 is 1.88 bits per heavy atom. The summed E-state index contributed by atoms with van der Waals surface area (Å²) in [6.45, 7) is 0. The van der Waals surface area contributed by atoms with Gasteiger partial charge in [0.25, 0.3) is 0 Å². The van der Waals surface area contributed by atoms with Crippen LogP contribution in [0.3, 0.4) is 0 Å². The van der Waals surface area contributed by atoms with Crippen molar-refractivity contribution in [1.82, 2.24) is 0 Å².